The number of aliphatic hydroxyl groups is 2. The molecule has 0 saturated heterocycles. The average Bonchev–Trinajstić information content (AvgIpc) is 2.16. The van der Waals surface area contributed by atoms with Crippen LogP contribution in [0, 0.1) is 5.92 Å². The normalized spacial score (nSPS) is 32.2. The zero-order valence-corrected chi connectivity index (χ0v) is 8.44. The van der Waals surface area contributed by atoms with Gasteiger partial charge < -0.3 is 15.3 Å². The zero-order chi connectivity index (χ0) is 10.8. The maximum absolute atomic E-state index is 10.9. The fourth-order valence-corrected chi connectivity index (χ4v) is 2.21. The molecule has 4 nitrogen and oxygen atoms in total. The average molecular weight is 202 g/mol. The summed E-state index contributed by atoms with van der Waals surface area (Å²) in [4.78, 5) is 10.9. The van der Waals surface area contributed by atoms with E-state index in [0.717, 1.165) is 12.8 Å². The maximum Gasteiger partial charge on any atom is 0.335 e. The molecule has 0 aromatic heterocycles. The fraction of sp³-hybridized carbons (Fsp3) is 0.900. The second-order valence-electron chi connectivity index (χ2n) is 4.10. The zero-order valence-electron chi connectivity index (χ0n) is 8.44. The lowest BCUT2D eigenvalue weighted by molar-refractivity contribution is -0.168. The van der Waals surface area contributed by atoms with Crippen LogP contribution >= 0.6 is 0 Å². The molecular formula is C10H18O4. The number of aliphatic carboxylic acids is 1. The Kier molecular flexibility index (Phi) is 3.50. The lowest BCUT2D eigenvalue weighted by Crippen LogP contribution is -2.47. The predicted octanol–water partition coefficient (Wildman–Crippen LogP) is 0.763. The second kappa shape index (κ2) is 4.28. The topological polar surface area (TPSA) is 77.8 Å². The van der Waals surface area contributed by atoms with Crippen LogP contribution in [-0.2, 0) is 4.79 Å². The number of carbonyl (C=O) groups is 1. The molecule has 3 unspecified atom stereocenters. The third kappa shape index (κ3) is 2.07. The van der Waals surface area contributed by atoms with Crippen molar-refractivity contribution in [3.05, 3.63) is 0 Å². The van der Waals surface area contributed by atoms with Crippen LogP contribution in [0.25, 0.3) is 0 Å². The van der Waals surface area contributed by atoms with Crippen molar-refractivity contribution in [1.29, 1.82) is 0 Å². The molecule has 4 heteroatoms. The minimum atomic E-state index is -1.65. The second-order valence-corrected chi connectivity index (χ2v) is 4.10. The molecule has 1 aliphatic rings. The van der Waals surface area contributed by atoms with Gasteiger partial charge in [-0.1, -0.05) is 13.3 Å². The van der Waals surface area contributed by atoms with Crippen molar-refractivity contribution in [3.8, 4) is 0 Å². The first-order valence-corrected chi connectivity index (χ1v) is 5.14. The molecule has 82 valence electrons. The summed E-state index contributed by atoms with van der Waals surface area (Å²) in [5, 5.41) is 28.3. The summed E-state index contributed by atoms with van der Waals surface area (Å²) >= 11 is 0. The van der Waals surface area contributed by atoms with Crippen molar-refractivity contribution in [3.63, 3.8) is 0 Å². The molecule has 3 atom stereocenters. The lowest BCUT2D eigenvalue weighted by Gasteiger charge is -2.36. The Morgan fingerprint density at radius 1 is 1.50 bits per heavy atom. The summed E-state index contributed by atoms with van der Waals surface area (Å²) in [6, 6.07) is 0. The van der Waals surface area contributed by atoms with Gasteiger partial charge in [0, 0.05) is 5.92 Å². The summed E-state index contributed by atoms with van der Waals surface area (Å²) < 4.78 is 0. The van der Waals surface area contributed by atoms with Gasteiger partial charge in [0.2, 0.25) is 0 Å². The van der Waals surface area contributed by atoms with Crippen LogP contribution in [0.4, 0.5) is 0 Å². The molecule has 0 amide bonds. The van der Waals surface area contributed by atoms with E-state index in [1.54, 1.807) is 6.92 Å². The first kappa shape index (κ1) is 11.5. The van der Waals surface area contributed by atoms with Gasteiger partial charge in [-0.15, -0.1) is 0 Å². The van der Waals surface area contributed by atoms with Crippen LogP contribution in [0.5, 0.6) is 0 Å². The summed E-state index contributed by atoms with van der Waals surface area (Å²) in [5.41, 5.74) is -1.65. The molecule has 14 heavy (non-hydrogen) atoms. The molecule has 1 aliphatic carbocycles. The molecule has 0 aromatic rings. The van der Waals surface area contributed by atoms with Crippen molar-refractivity contribution in [2.24, 2.45) is 5.92 Å². The van der Waals surface area contributed by atoms with Gasteiger partial charge in [0.25, 0.3) is 0 Å². The molecule has 3 N–H and O–H groups in total. The van der Waals surface area contributed by atoms with E-state index in [4.69, 9.17) is 5.11 Å². The van der Waals surface area contributed by atoms with Crippen LogP contribution in [0.1, 0.15) is 39.0 Å². The first-order valence-electron chi connectivity index (χ1n) is 5.14. The third-order valence-electron chi connectivity index (χ3n) is 3.23. The van der Waals surface area contributed by atoms with Gasteiger partial charge in [0.15, 0.2) is 5.60 Å². The Bertz CT molecular complexity index is 216. The molecule has 1 saturated carbocycles. The summed E-state index contributed by atoms with van der Waals surface area (Å²) in [6.45, 7) is 1.66. The van der Waals surface area contributed by atoms with Gasteiger partial charge in [-0.2, -0.15) is 0 Å². The minimum absolute atomic E-state index is 0.194. The standard InChI is InChI=1S/C10H18O4/c1-2-10(14,9(12)13)7-4-3-5-8(11)6-7/h7-8,11,14H,2-6H2,1H3,(H,12,13). The predicted molar refractivity (Wildman–Crippen MR) is 50.8 cm³/mol. The highest BCUT2D eigenvalue weighted by Crippen LogP contribution is 2.35. The molecular weight excluding hydrogens is 184 g/mol. The van der Waals surface area contributed by atoms with E-state index in [1.165, 1.54) is 0 Å². The maximum atomic E-state index is 10.9. The molecule has 1 fully saturated rings. The van der Waals surface area contributed by atoms with Gasteiger partial charge >= 0.3 is 5.97 Å². The van der Waals surface area contributed by atoms with Crippen molar-refractivity contribution >= 4 is 5.97 Å². The Hall–Kier alpha value is -0.610. The lowest BCUT2D eigenvalue weighted by atomic mass is 9.74. The molecule has 0 aromatic carbocycles. The van der Waals surface area contributed by atoms with Gasteiger partial charge in [-0.3, -0.25) is 0 Å². The quantitative estimate of drug-likeness (QED) is 0.631. The van der Waals surface area contributed by atoms with Gasteiger partial charge in [-0.05, 0) is 25.7 Å². The van der Waals surface area contributed by atoms with E-state index in [2.05, 4.69) is 0 Å². The summed E-state index contributed by atoms with van der Waals surface area (Å²) in [7, 11) is 0. The van der Waals surface area contributed by atoms with Gasteiger partial charge in [0.05, 0.1) is 6.10 Å². The van der Waals surface area contributed by atoms with E-state index in [9.17, 15) is 15.0 Å². The van der Waals surface area contributed by atoms with Crippen molar-refractivity contribution < 1.29 is 20.1 Å². The van der Waals surface area contributed by atoms with Crippen LogP contribution in [0.2, 0.25) is 0 Å². The van der Waals surface area contributed by atoms with E-state index in [-0.39, 0.29) is 12.3 Å². The molecule has 0 aliphatic heterocycles. The van der Waals surface area contributed by atoms with E-state index < -0.39 is 17.7 Å². The number of carboxylic acid groups (broad SMARTS) is 1. The summed E-state index contributed by atoms with van der Waals surface area (Å²) in [6.07, 6.45) is 2.34. The largest absolute Gasteiger partial charge is 0.479 e. The number of hydrogen-bond donors (Lipinski definition) is 3. The van der Waals surface area contributed by atoms with Crippen molar-refractivity contribution in [1.82, 2.24) is 0 Å². The van der Waals surface area contributed by atoms with Crippen LogP contribution in [0.3, 0.4) is 0 Å². The smallest absolute Gasteiger partial charge is 0.335 e. The highest BCUT2D eigenvalue weighted by molar-refractivity contribution is 5.77. The fourth-order valence-electron chi connectivity index (χ4n) is 2.21. The molecule has 1 rings (SSSR count). The van der Waals surface area contributed by atoms with Gasteiger partial charge in [-0.25, -0.2) is 4.79 Å². The Labute approximate surface area is 83.6 Å². The highest BCUT2D eigenvalue weighted by atomic mass is 16.4. The van der Waals surface area contributed by atoms with E-state index >= 15 is 0 Å². The number of carboxylic acids is 1. The first-order chi connectivity index (χ1) is 6.50. The van der Waals surface area contributed by atoms with Crippen LogP contribution < -0.4 is 0 Å². The third-order valence-corrected chi connectivity index (χ3v) is 3.23. The minimum Gasteiger partial charge on any atom is -0.479 e. The Balaban J connectivity index is 2.73. The van der Waals surface area contributed by atoms with Crippen LogP contribution in [-0.4, -0.2) is 33.0 Å². The van der Waals surface area contributed by atoms with Gasteiger partial charge in [0.1, 0.15) is 0 Å². The summed E-state index contributed by atoms with van der Waals surface area (Å²) in [5.74, 6) is -1.48. The van der Waals surface area contributed by atoms with E-state index in [1.807, 2.05) is 0 Å². The molecule has 0 bridgehead atoms. The number of hydrogen-bond acceptors (Lipinski definition) is 3. The van der Waals surface area contributed by atoms with Crippen molar-refractivity contribution in [2.45, 2.75) is 50.7 Å². The SMILES string of the molecule is CCC(O)(C(=O)O)C1CCCC(O)C1. The Morgan fingerprint density at radius 3 is 2.57 bits per heavy atom. The molecule has 0 heterocycles. The monoisotopic (exact) mass is 202 g/mol. The molecule has 0 radical (unpaired) electrons. The van der Waals surface area contributed by atoms with Crippen molar-refractivity contribution in [2.75, 3.05) is 0 Å². The number of rotatable bonds is 3. The number of aliphatic hydroxyl groups excluding tert-OH is 1. The Morgan fingerprint density at radius 2 is 2.14 bits per heavy atom. The van der Waals surface area contributed by atoms with Crippen LogP contribution in [0.15, 0.2) is 0 Å². The highest BCUT2D eigenvalue weighted by Gasteiger charge is 2.44. The van der Waals surface area contributed by atoms with E-state index in [0.29, 0.717) is 12.8 Å². The molecule has 0 spiro atoms.